The Morgan fingerprint density at radius 2 is 1.43 bits per heavy atom. The number of hydrogen-bond donors (Lipinski definition) is 1. The molecule has 0 radical (unpaired) electrons. The molecule has 0 amide bonds. The van der Waals surface area contributed by atoms with Gasteiger partial charge >= 0.3 is 7.12 Å². The highest BCUT2D eigenvalue weighted by Gasteiger charge is 2.53. The van der Waals surface area contributed by atoms with Crippen molar-refractivity contribution in [2.45, 2.75) is 45.5 Å². The minimum atomic E-state index is -0.576. The molecule has 21 heavy (non-hydrogen) atoms. The summed E-state index contributed by atoms with van der Waals surface area (Å²) < 4.78 is 23.0. The van der Waals surface area contributed by atoms with Crippen molar-refractivity contribution >= 4 is 12.6 Å². The molecule has 5 nitrogen and oxygen atoms in total. The predicted molar refractivity (Wildman–Crippen MR) is 81.2 cm³/mol. The van der Waals surface area contributed by atoms with Crippen LogP contribution in [0.2, 0.25) is 0 Å². The molecular formula is C15H23BO5. The number of aliphatic hydroxyl groups is 1. The van der Waals surface area contributed by atoms with Crippen molar-refractivity contribution in [1.82, 2.24) is 0 Å². The van der Waals surface area contributed by atoms with Crippen LogP contribution in [-0.4, -0.2) is 37.6 Å². The SMILES string of the molecule is COc1cc(CO)cc(OC)c1B1OC(C)(C)C(C)(C)O1. The smallest absolute Gasteiger partial charge is 0.497 e. The number of aliphatic hydroxyl groups excluding tert-OH is 1. The lowest BCUT2D eigenvalue weighted by molar-refractivity contribution is 0.00578. The molecule has 1 aromatic rings. The quantitative estimate of drug-likeness (QED) is 0.853. The van der Waals surface area contributed by atoms with Crippen LogP contribution in [0.5, 0.6) is 11.5 Å². The Bertz CT molecular complexity index is 486. The summed E-state index contributed by atoms with van der Waals surface area (Å²) in [5.74, 6) is 1.16. The minimum Gasteiger partial charge on any atom is -0.497 e. The second kappa shape index (κ2) is 5.52. The lowest BCUT2D eigenvalue weighted by Gasteiger charge is -2.32. The maximum absolute atomic E-state index is 9.33. The molecule has 1 fully saturated rings. The van der Waals surface area contributed by atoms with E-state index in [9.17, 15) is 5.11 Å². The van der Waals surface area contributed by atoms with Crippen LogP contribution < -0.4 is 14.9 Å². The van der Waals surface area contributed by atoms with Crippen LogP contribution >= 0.6 is 0 Å². The number of hydrogen-bond acceptors (Lipinski definition) is 5. The summed E-state index contributed by atoms with van der Waals surface area (Å²) in [5, 5.41) is 9.33. The maximum atomic E-state index is 9.33. The van der Waals surface area contributed by atoms with Crippen molar-refractivity contribution in [2.24, 2.45) is 0 Å². The zero-order chi connectivity index (χ0) is 15.8. The van der Waals surface area contributed by atoms with E-state index in [2.05, 4.69) is 0 Å². The van der Waals surface area contributed by atoms with E-state index in [0.29, 0.717) is 22.5 Å². The van der Waals surface area contributed by atoms with Crippen LogP contribution in [0, 0.1) is 0 Å². The van der Waals surface area contributed by atoms with E-state index in [4.69, 9.17) is 18.8 Å². The molecule has 1 aliphatic rings. The van der Waals surface area contributed by atoms with E-state index in [-0.39, 0.29) is 6.61 Å². The summed E-state index contributed by atoms with van der Waals surface area (Å²) in [6.45, 7) is 7.89. The lowest BCUT2D eigenvalue weighted by Crippen LogP contribution is -2.41. The van der Waals surface area contributed by atoms with Gasteiger partial charge < -0.3 is 23.9 Å². The van der Waals surface area contributed by atoms with Gasteiger partial charge in [-0.25, -0.2) is 0 Å². The highest BCUT2D eigenvalue weighted by atomic mass is 16.7. The van der Waals surface area contributed by atoms with E-state index in [1.807, 2.05) is 27.7 Å². The largest absolute Gasteiger partial charge is 0.502 e. The molecule has 0 aromatic heterocycles. The molecular weight excluding hydrogens is 271 g/mol. The van der Waals surface area contributed by atoms with Gasteiger partial charge in [-0.2, -0.15) is 0 Å². The first-order valence-corrected chi connectivity index (χ1v) is 6.97. The molecule has 0 saturated carbocycles. The number of ether oxygens (including phenoxy) is 2. The predicted octanol–water partition coefficient (Wildman–Crippen LogP) is 1.50. The molecule has 0 unspecified atom stereocenters. The van der Waals surface area contributed by atoms with Crippen molar-refractivity contribution < 1.29 is 23.9 Å². The molecule has 6 heteroatoms. The van der Waals surface area contributed by atoms with Crippen molar-refractivity contribution in [3.63, 3.8) is 0 Å². The number of benzene rings is 1. The minimum absolute atomic E-state index is 0.0869. The molecule has 1 N–H and O–H groups in total. The molecule has 0 bridgehead atoms. The van der Waals surface area contributed by atoms with Gasteiger partial charge in [0, 0.05) is 0 Å². The van der Waals surface area contributed by atoms with Gasteiger partial charge in [0.1, 0.15) is 11.5 Å². The van der Waals surface area contributed by atoms with E-state index < -0.39 is 18.3 Å². The molecule has 116 valence electrons. The third-order valence-corrected chi connectivity index (χ3v) is 4.28. The average molecular weight is 294 g/mol. The third-order valence-electron chi connectivity index (χ3n) is 4.28. The van der Waals surface area contributed by atoms with Crippen LogP contribution in [0.15, 0.2) is 12.1 Å². The Kier molecular flexibility index (Phi) is 4.24. The van der Waals surface area contributed by atoms with E-state index in [1.54, 1.807) is 26.4 Å². The first-order valence-electron chi connectivity index (χ1n) is 6.97. The van der Waals surface area contributed by atoms with Crippen LogP contribution in [0.4, 0.5) is 0 Å². The summed E-state index contributed by atoms with van der Waals surface area (Å²) in [6.07, 6.45) is 0. The number of methoxy groups -OCH3 is 2. The summed E-state index contributed by atoms with van der Waals surface area (Å²) in [5.41, 5.74) is 0.534. The van der Waals surface area contributed by atoms with Gasteiger partial charge in [-0.1, -0.05) is 0 Å². The fourth-order valence-corrected chi connectivity index (χ4v) is 2.28. The van der Waals surface area contributed by atoms with Gasteiger partial charge in [-0.15, -0.1) is 0 Å². The first kappa shape index (κ1) is 16.1. The highest BCUT2D eigenvalue weighted by molar-refractivity contribution is 6.64. The van der Waals surface area contributed by atoms with Gasteiger partial charge in [0.05, 0.1) is 37.5 Å². The van der Waals surface area contributed by atoms with E-state index in [1.165, 1.54) is 0 Å². The molecule has 1 aromatic carbocycles. The summed E-state index contributed by atoms with van der Waals surface area (Å²) in [6, 6.07) is 3.53. The summed E-state index contributed by atoms with van der Waals surface area (Å²) in [7, 11) is 2.57. The topological polar surface area (TPSA) is 57.2 Å². The lowest BCUT2D eigenvalue weighted by atomic mass is 9.77. The van der Waals surface area contributed by atoms with Crippen LogP contribution in [0.25, 0.3) is 0 Å². The zero-order valence-electron chi connectivity index (χ0n) is 13.5. The summed E-state index contributed by atoms with van der Waals surface area (Å²) in [4.78, 5) is 0. The van der Waals surface area contributed by atoms with Crippen molar-refractivity contribution in [3.8, 4) is 11.5 Å². The average Bonchev–Trinajstić information content (AvgIpc) is 2.65. The number of rotatable bonds is 4. The van der Waals surface area contributed by atoms with Crippen LogP contribution in [0.3, 0.4) is 0 Å². The highest BCUT2D eigenvalue weighted by Crippen LogP contribution is 2.38. The fourth-order valence-electron chi connectivity index (χ4n) is 2.28. The van der Waals surface area contributed by atoms with E-state index in [0.717, 1.165) is 0 Å². The standard InChI is InChI=1S/C15H23BO5/c1-14(2)15(3,4)21-16(20-14)13-11(18-5)7-10(9-17)8-12(13)19-6/h7-8,17H,9H2,1-6H3. The maximum Gasteiger partial charge on any atom is 0.502 e. The van der Waals surface area contributed by atoms with Gasteiger partial charge in [-0.05, 0) is 45.4 Å². The monoisotopic (exact) mass is 294 g/mol. The Morgan fingerprint density at radius 1 is 1.00 bits per heavy atom. The first-order chi connectivity index (χ1) is 9.75. The molecule has 1 heterocycles. The van der Waals surface area contributed by atoms with Crippen molar-refractivity contribution in [1.29, 1.82) is 0 Å². The fraction of sp³-hybridized carbons (Fsp3) is 0.600. The molecule has 0 aliphatic carbocycles. The molecule has 0 spiro atoms. The van der Waals surface area contributed by atoms with Gasteiger partial charge in [0.15, 0.2) is 0 Å². The molecule has 1 saturated heterocycles. The van der Waals surface area contributed by atoms with Crippen LogP contribution in [-0.2, 0) is 15.9 Å². The zero-order valence-corrected chi connectivity index (χ0v) is 13.5. The molecule has 1 aliphatic heterocycles. The second-order valence-electron chi connectivity index (χ2n) is 6.16. The van der Waals surface area contributed by atoms with Crippen molar-refractivity contribution in [3.05, 3.63) is 17.7 Å². The normalized spacial score (nSPS) is 19.7. The van der Waals surface area contributed by atoms with E-state index >= 15 is 0 Å². The Hall–Kier alpha value is -1.24. The summed E-state index contributed by atoms with van der Waals surface area (Å²) >= 11 is 0. The van der Waals surface area contributed by atoms with Gasteiger partial charge in [0.25, 0.3) is 0 Å². The molecule has 0 atom stereocenters. The Labute approximate surface area is 126 Å². The third kappa shape index (κ3) is 2.75. The van der Waals surface area contributed by atoms with Gasteiger partial charge in [-0.3, -0.25) is 0 Å². The Morgan fingerprint density at radius 3 is 1.76 bits per heavy atom. The van der Waals surface area contributed by atoms with Crippen LogP contribution in [0.1, 0.15) is 33.3 Å². The molecule has 2 rings (SSSR count). The second-order valence-corrected chi connectivity index (χ2v) is 6.16. The van der Waals surface area contributed by atoms with Gasteiger partial charge in [0.2, 0.25) is 0 Å². The van der Waals surface area contributed by atoms with Crippen molar-refractivity contribution in [2.75, 3.05) is 14.2 Å². The Balaban J connectivity index is 2.49.